The van der Waals surface area contributed by atoms with Crippen molar-refractivity contribution in [1.29, 1.82) is 0 Å². The number of rotatable bonds is 0. The highest BCUT2D eigenvalue weighted by Crippen LogP contribution is 2.26. The molecule has 0 aliphatic carbocycles. The van der Waals surface area contributed by atoms with Gasteiger partial charge in [0.2, 0.25) is 0 Å². The van der Waals surface area contributed by atoms with Gasteiger partial charge in [0.15, 0.2) is 11.6 Å². The molecule has 0 spiro atoms. The van der Waals surface area contributed by atoms with Crippen LogP contribution in [-0.2, 0) is 0 Å². The number of phenolic OH excluding ortho intramolecular Hbond substituents is 1. The highest BCUT2D eigenvalue weighted by atomic mass is 19.1. The van der Waals surface area contributed by atoms with E-state index in [1.54, 1.807) is 0 Å². The molecular weight excluding hydrogens is 187 g/mol. The molecule has 0 amide bonds. The summed E-state index contributed by atoms with van der Waals surface area (Å²) in [5, 5.41) is 9.56. The van der Waals surface area contributed by atoms with Crippen molar-refractivity contribution in [3.63, 3.8) is 0 Å². The van der Waals surface area contributed by atoms with Crippen molar-refractivity contribution in [2.75, 3.05) is 0 Å². The van der Waals surface area contributed by atoms with Crippen LogP contribution < -0.4 is 5.56 Å². The van der Waals surface area contributed by atoms with Crippen molar-refractivity contribution >= 4 is 10.9 Å². The number of fused-ring (bicyclic) bond motifs is 1. The first-order valence-corrected chi connectivity index (χ1v) is 3.96. The Balaban J connectivity index is 3.06. The second-order valence-electron chi connectivity index (χ2n) is 2.98. The third-order valence-electron chi connectivity index (χ3n) is 2.03. The summed E-state index contributed by atoms with van der Waals surface area (Å²) in [6.07, 6.45) is 1.12. The second kappa shape index (κ2) is 2.80. The first-order chi connectivity index (χ1) is 6.61. The fourth-order valence-corrected chi connectivity index (χ4v) is 1.30. The number of halogens is 1. The zero-order valence-electron chi connectivity index (χ0n) is 7.34. The van der Waals surface area contributed by atoms with Gasteiger partial charge in [-0.05, 0) is 18.6 Å². The van der Waals surface area contributed by atoms with Crippen LogP contribution in [0.25, 0.3) is 10.9 Å². The van der Waals surface area contributed by atoms with Crippen LogP contribution in [0, 0.1) is 12.7 Å². The van der Waals surface area contributed by atoms with E-state index < -0.39 is 17.1 Å². The maximum absolute atomic E-state index is 13.2. The minimum absolute atomic E-state index is 0.0168. The third-order valence-corrected chi connectivity index (χ3v) is 2.03. The molecule has 0 unspecified atom stereocenters. The average molecular weight is 194 g/mol. The Morgan fingerprint density at radius 3 is 3.00 bits per heavy atom. The third kappa shape index (κ3) is 1.06. The molecule has 4 nitrogen and oxygen atoms in total. The zero-order chi connectivity index (χ0) is 10.3. The zero-order valence-corrected chi connectivity index (χ0v) is 7.34. The van der Waals surface area contributed by atoms with Crippen LogP contribution in [0.15, 0.2) is 17.2 Å². The first-order valence-electron chi connectivity index (χ1n) is 3.96. The van der Waals surface area contributed by atoms with E-state index in [1.165, 1.54) is 13.0 Å². The van der Waals surface area contributed by atoms with Crippen LogP contribution in [-0.4, -0.2) is 15.1 Å². The van der Waals surface area contributed by atoms with Crippen molar-refractivity contribution < 1.29 is 9.50 Å². The van der Waals surface area contributed by atoms with Crippen molar-refractivity contribution in [3.05, 3.63) is 34.1 Å². The number of aromatic nitrogens is 2. The normalized spacial score (nSPS) is 10.7. The lowest BCUT2D eigenvalue weighted by Gasteiger charge is -2.02. The Kier molecular flexibility index (Phi) is 1.73. The van der Waals surface area contributed by atoms with Gasteiger partial charge >= 0.3 is 0 Å². The quantitative estimate of drug-likeness (QED) is 0.659. The van der Waals surface area contributed by atoms with E-state index in [0.717, 1.165) is 6.33 Å². The van der Waals surface area contributed by atoms with Crippen LogP contribution in [0.3, 0.4) is 0 Å². The Morgan fingerprint density at radius 2 is 2.29 bits per heavy atom. The number of H-pyrrole nitrogens is 1. The highest BCUT2D eigenvalue weighted by Gasteiger charge is 2.12. The SMILES string of the molecule is Cc1cc2c(=O)[nH]cnc2c(O)c1F. The molecule has 14 heavy (non-hydrogen) atoms. The van der Waals surface area contributed by atoms with Gasteiger partial charge in [-0.2, -0.15) is 0 Å². The molecule has 0 bridgehead atoms. The van der Waals surface area contributed by atoms with Gasteiger partial charge in [-0.3, -0.25) is 4.79 Å². The Bertz CT molecular complexity index is 562. The second-order valence-corrected chi connectivity index (χ2v) is 2.98. The largest absolute Gasteiger partial charge is 0.503 e. The molecule has 2 rings (SSSR count). The van der Waals surface area contributed by atoms with Gasteiger partial charge in [-0.15, -0.1) is 0 Å². The number of aromatic hydroxyl groups is 1. The molecular formula is C9H7FN2O2. The Morgan fingerprint density at radius 1 is 1.57 bits per heavy atom. The van der Waals surface area contributed by atoms with Gasteiger partial charge in [0, 0.05) is 0 Å². The number of nitrogens with zero attached hydrogens (tertiary/aromatic N) is 1. The smallest absolute Gasteiger partial charge is 0.258 e. The van der Waals surface area contributed by atoms with E-state index in [0.29, 0.717) is 0 Å². The lowest BCUT2D eigenvalue weighted by molar-refractivity contribution is 0.435. The molecule has 5 heteroatoms. The summed E-state index contributed by atoms with van der Waals surface area (Å²) >= 11 is 0. The summed E-state index contributed by atoms with van der Waals surface area (Å²) in [5.41, 5.74) is -0.196. The lowest BCUT2D eigenvalue weighted by Crippen LogP contribution is -2.07. The van der Waals surface area contributed by atoms with Gasteiger partial charge in [0.25, 0.3) is 5.56 Å². The number of nitrogens with one attached hydrogen (secondary N) is 1. The molecule has 0 saturated carbocycles. The lowest BCUT2D eigenvalue weighted by atomic mass is 10.1. The maximum atomic E-state index is 13.2. The standard InChI is InChI=1S/C9H7FN2O2/c1-4-2-5-7(8(13)6(4)10)11-3-12-9(5)14/h2-3,13H,1H3,(H,11,12,14). The summed E-state index contributed by atoms with van der Waals surface area (Å²) in [7, 11) is 0. The van der Waals surface area contributed by atoms with E-state index in [-0.39, 0.29) is 16.5 Å². The van der Waals surface area contributed by atoms with Gasteiger partial charge in [0.1, 0.15) is 5.52 Å². The van der Waals surface area contributed by atoms with E-state index in [1.807, 2.05) is 0 Å². The van der Waals surface area contributed by atoms with Crippen LogP contribution in [0.4, 0.5) is 4.39 Å². The van der Waals surface area contributed by atoms with E-state index in [9.17, 15) is 14.3 Å². The predicted molar refractivity (Wildman–Crippen MR) is 48.7 cm³/mol. The number of aryl methyl sites for hydroxylation is 1. The monoisotopic (exact) mass is 194 g/mol. The minimum atomic E-state index is -0.740. The molecule has 0 atom stereocenters. The average Bonchev–Trinajstić information content (AvgIpc) is 2.17. The van der Waals surface area contributed by atoms with Crippen LogP contribution in [0.2, 0.25) is 0 Å². The molecule has 1 aromatic heterocycles. The topological polar surface area (TPSA) is 66.0 Å². The highest BCUT2D eigenvalue weighted by molar-refractivity contribution is 5.84. The number of hydrogen-bond acceptors (Lipinski definition) is 3. The fraction of sp³-hybridized carbons (Fsp3) is 0.111. The van der Waals surface area contributed by atoms with E-state index in [4.69, 9.17) is 0 Å². The maximum Gasteiger partial charge on any atom is 0.258 e. The summed E-state index contributed by atoms with van der Waals surface area (Å²) in [6, 6.07) is 1.36. The van der Waals surface area contributed by atoms with E-state index >= 15 is 0 Å². The summed E-state index contributed by atoms with van der Waals surface area (Å²) < 4.78 is 13.2. The minimum Gasteiger partial charge on any atom is -0.503 e. The van der Waals surface area contributed by atoms with Gasteiger partial charge in [-0.1, -0.05) is 0 Å². The molecule has 2 aromatic rings. The molecule has 0 aliphatic rings. The van der Waals surface area contributed by atoms with Crippen molar-refractivity contribution in [2.45, 2.75) is 6.92 Å². The molecule has 1 aromatic carbocycles. The molecule has 0 radical (unpaired) electrons. The predicted octanol–water partition coefficient (Wildman–Crippen LogP) is 1.08. The first kappa shape index (κ1) is 8.68. The molecule has 2 N–H and O–H groups in total. The molecule has 72 valence electrons. The number of hydrogen-bond donors (Lipinski definition) is 2. The van der Waals surface area contributed by atoms with Crippen molar-refractivity contribution in [2.24, 2.45) is 0 Å². The summed E-state index contributed by atoms with van der Waals surface area (Å²) in [5.74, 6) is -1.32. The number of phenols is 1. The molecule has 0 aliphatic heterocycles. The van der Waals surface area contributed by atoms with Crippen LogP contribution in [0.5, 0.6) is 5.75 Å². The molecule has 0 saturated heterocycles. The van der Waals surface area contributed by atoms with Crippen molar-refractivity contribution in [1.82, 2.24) is 9.97 Å². The van der Waals surface area contributed by atoms with Crippen LogP contribution >= 0.6 is 0 Å². The Hall–Kier alpha value is -1.91. The van der Waals surface area contributed by atoms with E-state index in [2.05, 4.69) is 9.97 Å². The fourth-order valence-electron chi connectivity index (χ4n) is 1.30. The number of benzene rings is 1. The Labute approximate surface area is 78.0 Å². The van der Waals surface area contributed by atoms with Crippen LogP contribution in [0.1, 0.15) is 5.56 Å². The molecule has 1 heterocycles. The van der Waals surface area contributed by atoms with Gasteiger partial charge < -0.3 is 10.1 Å². The van der Waals surface area contributed by atoms with Crippen molar-refractivity contribution in [3.8, 4) is 5.75 Å². The molecule has 0 fully saturated rings. The van der Waals surface area contributed by atoms with Gasteiger partial charge in [0.05, 0.1) is 11.7 Å². The number of aromatic amines is 1. The van der Waals surface area contributed by atoms with Gasteiger partial charge in [-0.25, -0.2) is 9.37 Å². The summed E-state index contributed by atoms with van der Waals surface area (Å²) in [6.45, 7) is 1.47. The summed E-state index contributed by atoms with van der Waals surface area (Å²) in [4.78, 5) is 17.3.